The van der Waals surface area contributed by atoms with Crippen LogP contribution in [0.1, 0.15) is 72.1 Å². The summed E-state index contributed by atoms with van der Waals surface area (Å²) in [6.07, 6.45) is 8.13. The molecular weight excluding hydrogens is 282 g/mol. The molecule has 0 spiro atoms. The van der Waals surface area contributed by atoms with Crippen LogP contribution < -0.4 is 5.32 Å². The first kappa shape index (κ1) is 17.3. The molecule has 1 N–H and O–H groups in total. The molecule has 0 radical (unpaired) electrons. The van der Waals surface area contributed by atoms with E-state index in [4.69, 9.17) is 0 Å². The fraction of sp³-hybridized carbons (Fsp3) is 1.00. The third kappa shape index (κ3) is 3.82. The molecule has 0 aromatic carbocycles. The molecule has 3 atom stereocenters. The average Bonchev–Trinajstić information content (AvgIpc) is 2.46. The fourth-order valence-corrected chi connectivity index (χ4v) is 6.97. The summed E-state index contributed by atoms with van der Waals surface area (Å²) in [5, 5.41) is 3.04. The summed E-state index contributed by atoms with van der Waals surface area (Å²) in [5.74, 6) is 0.519. The molecule has 0 aromatic rings. The van der Waals surface area contributed by atoms with Gasteiger partial charge in [0.2, 0.25) is 0 Å². The zero-order valence-corrected chi connectivity index (χ0v) is 15.0. The minimum absolute atomic E-state index is 0.0779. The molecule has 2 fully saturated rings. The molecule has 2 aliphatic carbocycles. The van der Waals surface area contributed by atoms with Crippen molar-refractivity contribution in [3.05, 3.63) is 0 Å². The molecule has 3 unspecified atom stereocenters. The van der Waals surface area contributed by atoms with Gasteiger partial charge in [0.05, 0.1) is 10.5 Å². The molecule has 2 aliphatic rings. The Kier molecular flexibility index (Phi) is 5.40. The minimum atomic E-state index is -3.00. The summed E-state index contributed by atoms with van der Waals surface area (Å²) >= 11 is 0. The summed E-state index contributed by atoms with van der Waals surface area (Å²) in [4.78, 5) is 0. The monoisotopic (exact) mass is 315 g/mol. The first-order valence-electron chi connectivity index (χ1n) is 8.66. The lowest BCUT2D eigenvalue weighted by atomic mass is 9.71. The molecule has 0 amide bonds. The van der Waals surface area contributed by atoms with Crippen LogP contribution in [-0.2, 0) is 9.84 Å². The lowest BCUT2D eigenvalue weighted by Crippen LogP contribution is -2.51. The van der Waals surface area contributed by atoms with Crippen LogP contribution in [0.4, 0.5) is 0 Å². The van der Waals surface area contributed by atoms with Gasteiger partial charge < -0.3 is 5.32 Å². The van der Waals surface area contributed by atoms with E-state index in [2.05, 4.69) is 26.1 Å². The molecule has 124 valence electrons. The van der Waals surface area contributed by atoms with E-state index >= 15 is 0 Å². The van der Waals surface area contributed by atoms with Crippen molar-refractivity contribution in [1.82, 2.24) is 5.32 Å². The Bertz CT molecular complexity index is 432. The molecule has 0 aliphatic heterocycles. The number of nitrogens with one attached hydrogen (secondary N) is 1. The molecule has 21 heavy (non-hydrogen) atoms. The quantitative estimate of drug-likeness (QED) is 0.866. The lowest BCUT2D eigenvalue weighted by molar-refractivity contribution is 0.164. The highest BCUT2D eigenvalue weighted by molar-refractivity contribution is 7.92. The number of hydrogen-bond donors (Lipinski definition) is 1. The highest BCUT2D eigenvalue weighted by atomic mass is 32.2. The van der Waals surface area contributed by atoms with Crippen molar-refractivity contribution in [3.63, 3.8) is 0 Å². The van der Waals surface area contributed by atoms with E-state index in [1.54, 1.807) is 0 Å². The Morgan fingerprint density at radius 2 is 1.57 bits per heavy atom. The second-order valence-corrected chi connectivity index (χ2v) is 10.6. The molecule has 3 nitrogen and oxygen atoms in total. The standard InChI is InChI=1S/C17H33NO2S/c1-17(2,3)13-10-11-15(18-4)16(12-13)21(19,20)14-8-6-5-7-9-14/h13-16,18H,5-12H2,1-4H3. The molecule has 0 aromatic heterocycles. The van der Waals surface area contributed by atoms with E-state index in [1.807, 2.05) is 7.05 Å². The SMILES string of the molecule is CNC1CCC(C(C)(C)C)CC1S(=O)(=O)C1CCCCC1. The summed E-state index contributed by atoms with van der Waals surface area (Å²) in [5.41, 5.74) is 0.207. The van der Waals surface area contributed by atoms with Gasteiger partial charge in [-0.15, -0.1) is 0 Å². The van der Waals surface area contributed by atoms with Crippen LogP contribution in [0.15, 0.2) is 0 Å². The summed E-state index contributed by atoms with van der Waals surface area (Å²) in [6.45, 7) is 6.75. The molecular formula is C17H33NO2S. The second kappa shape index (κ2) is 6.57. The second-order valence-electron chi connectivity index (χ2n) is 8.16. The van der Waals surface area contributed by atoms with Crippen molar-refractivity contribution in [3.8, 4) is 0 Å². The highest BCUT2D eigenvalue weighted by Crippen LogP contribution is 2.41. The van der Waals surface area contributed by atoms with Crippen LogP contribution in [0.3, 0.4) is 0 Å². The first-order valence-corrected chi connectivity index (χ1v) is 10.3. The van der Waals surface area contributed by atoms with E-state index in [9.17, 15) is 8.42 Å². The van der Waals surface area contributed by atoms with Crippen molar-refractivity contribution >= 4 is 9.84 Å². The van der Waals surface area contributed by atoms with Crippen LogP contribution in [0.2, 0.25) is 0 Å². The Morgan fingerprint density at radius 1 is 0.952 bits per heavy atom. The number of hydrogen-bond acceptors (Lipinski definition) is 3. The third-order valence-electron chi connectivity index (χ3n) is 5.83. The molecule has 0 saturated heterocycles. The van der Waals surface area contributed by atoms with Gasteiger partial charge in [-0.05, 0) is 50.5 Å². The topological polar surface area (TPSA) is 46.2 Å². The normalized spacial score (nSPS) is 33.0. The Hall–Kier alpha value is -0.0900. The van der Waals surface area contributed by atoms with E-state index in [1.165, 1.54) is 6.42 Å². The van der Waals surface area contributed by atoms with Gasteiger partial charge in [-0.25, -0.2) is 8.42 Å². The molecule has 0 heterocycles. The van der Waals surface area contributed by atoms with Gasteiger partial charge in [0, 0.05) is 6.04 Å². The number of sulfone groups is 1. The highest BCUT2D eigenvalue weighted by Gasteiger charge is 2.44. The minimum Gasteiger partial charge on any atom is -0.316 e. The van der Waals surface area contributed by atoms with Gasteiger partial charge in [0.15, 0.2) is 9.84 Å². The first-order chi connectivity index (χ1) is 9.76. The fourth-order valence-electron chi connectivity index (χ4n) is 4.25. The van der Waals surface area contributed by atoms with E-state index < -0.39 is 9.84 Å². The third-order valence-corrected chi connectivity index (χ3v) is 8.59. The van der Waals surface area contributed by atoms with Crippen LogP contribution in [0, 0.1) is 11.3 Å². The van der Waals surface area contributed by atoms with Crippen LogP contribution in [-0.4, -0.2) is 32.0 Å². The van der Waals surface area contributed by atoms with Crippen molar-refractivity contribution in [1.29, 1.82) is 0 Å². The van der Waals surface area contributed by atoms with Crippen LogP contribution >= 0.6 is 0 Å². The maximum Gasteiger partial charge on any atom is 0.157 e. The van der Waals surface area contributed by atoms with Gasteiger partial charge >= 0.3 is 0 Å². The summed E-state index contributed by atoms with van der Waals surface area (Å²) in [7, 11) is -1.08. The van der Waals surface area contributed by atoms with Gasteiger partial charge in [0.25, 0.3) is 0 Å². The largest absolute Gasteiger partial charge is 0.316 e. The number of rotatable bonds is 3. The van der Waals surface area contributed by atoms with Crippen LogP contribution in [0.5, 0.6) is 0 Å². The van der Waals surface area contributed by atoms with Gasteiger partial charge in [-0.1, -0.05) is 40.0 Å². The van der Waals surface area contributed by atoms with Gasteiger partial charge in [-0.2, -0.15) is 0 Å². The molecule has 2 rings (SSSR count). The predicted octanol–water partition coefficient (Wildman–Crippen LogP) is 3.54. The smallest absolute Gasteiger partial charge is 0.157 e. The van der Waals surface area contributed by atoms with E-state index in [0.29, 0.717) is 5.92 Å². The van der Waals surface area contributed by atoms with E-state index in [-0.39, 0.29) is 22.0 Å². The average molecular weight is 316 g/mol. The maximum absolute atomic E-state index is 13.1. The summed E-state index contributed by atoms with van der Waals surface area (Å²) < 4.78 is 26.3. The molecule has 4 heteroatoms. The Labute approximate surface area is 131 Å². The zero-order valence-electron chi connectivity index (χ0n) is 14.2. The Balaban J connectivity index is 2.19. The van der Waals surface area contributed by atoms with Crippen molar-refractivity contribution in [2.75, 3.05) is 7.05 Å². The van der Waals surface area contributed by atoms with Crippen molar-refractivity contribution in [2.24, 2.45) is 11.3 Å². The summed E-state index contributed by atoms with van der Waals surface area (Å²) in [6, 6.07) is 0.149. The van der Waals surface area contributed by atoms with Gasteiger partial charge in [-0.3, -0.25) is 0 Å². The van der Waals surface area contributed by atoms with E-state index in [0.717, 1.165) is 44.9 Å². The van der Waals surface area contributed by atoms with Crippen LogP contribution in [0.25, 0.3) is 0 Å². The van der Waals surface area contributed by atoms with Crippen molar-refractivity contribution < 1.29 is 8.42 Å². The van der Waals surface area contributed by atoms with Crippen molar-refractivity contribution in [2.45, 2.75) is 88.7 Å². The Morgan fingerprint density at radius 3 is 2.10 bits per heavy atom. The maximum atomic E-state index is 13.1. The zero-order chi connectivity index (χ0) is 15.7. The molecule has 2 saturated carbocycles. The molecule has 0 bridgehead atoms. The van der Waals surface area contributed by atoms with Gasteiger partial charge in [0.1, 0.15) is 0 Å². The predicted molar refractivity (Wildman–Crippen MR) is 89.2 cm³/mol. The lowest BCUT2D eigenvalue weighted by Gasteiger charge is -2.42.